The molecule has 3 aromatic rings. The second kappa shape index (κ2) is 8.69. The lowest BCUT2D eigenvalue weighted by atomic mass is 10.1. The molecule has 0 spiro atoms. The molecule has 8 heteroatoms. The van der Waals surface area contributed by atoms with E-state index in [9.17, 15) is 9.59 Å². The number of aromatic nitrogens is 1. The van der Waals surface area contributed by atoms with Crippen LogP contribution in [0.25, 0.3) is 10.2 Å². The van der Waals surface area contributed by atoms with Crippen LogP contribution in [0.4, 0.5) is 0 Å². The molecule has 0 aliphatic carbocycles. The molecule has 0 N–H and O–H groups in total. The molecule has 1 amide bonds. The number of fused-ring (bicyclic) bond motifs is 1. The first kappa shape index (κ1) is 19.6. The number of carbonyl (C=O) groups is 2. The lowest BCUT2D eigenvalue weighted by Crippen LogP contribution is -2.22. The standard InChI is InChI=1S/C19H16Cl2N2O3S/c1-26-16(25)11-23-18-14(9-8-13(20)17(18)21)27-19(23)22-15(24)10-7-12-5-3-2-4-6-12/h2-6,8-9H,7,10-11H2,1H3. The van der Waals surface area contributed by atoms with Gasteiger partial charge >= 0.3 is 5.97 Å². The number of carbonyl (C=O) groups excluding carboxylic acids is 2. The third kappa shape index (κ3) is 4.58. The Labute approximate surface area is 169 Å². The topological polar surface area (TPSA) is 60.7 Å². The van der Waals surface area contributed by atoms with Crippen LogP contribution in [0, 0.1) is 0 Å². The normalized spacial score (nSPS) is 11.7. The minimum atomic E-state index is -0.469. The highest BCUT2D eigenvalue weighted by atomic mass is 35.5. The number of benzene rings is 2. The Kier molecular flexibility index (Phi) is 6.31. The second-order valence-corrected chi connectivity index (χ2v) is 7.54. The van der Waals surface area contributed by atoms with Crippen molar-refractivity contribution in [3.8, 4) is 0 Å². The van der Waals surface area contributed by atoms with E-state index in [2.05, 4.69) is 4.99 Å². The van der Waals surface area contributed by atoms with Crippen molar-refractivity contribution in [1.29, 1.82) is 0 Å². The van der Waals surface area contributed by atoms with Crippen LogP contribution in [0.5, 0.6) is 0 Å². The number of methoxy groups -OCH3 is 1. The molecule has 1 aromatic heterocycles. The third-order valence-electron chi connectivity index (χ3n) is 3.94. The third-order valence-corrected chi connectivity index (χ3v) is 5.78. The number of thiazole rings is 1. The summed E-state index contributed by atoms with van der Waals surface area (Å²) in [6.07, 6.45) is 0.864. The monoisotopic (exact) mass is 422 g/mol. The Morgan fingerprint density at radius 1 is 1.15 bits per heavy atom. The Balaban J connectivity index is 1.97. The zero-order chi connectivity index (χ0) is 19.4. The summed E-state index contributed by atoms with van der Waals surface area (Å²) in [6.45, 7) is -0.110. The van der Waals surface area contributed by atoms with Gasteiger partial charge < -0.3 is 9.30 Å². The van der Waals surface area contributed by atoms with Crippen molar-refractivity contribution in [1.82, 2.24) is 4.57 Å². The summed E-state index contributed by atoms with van der Waals surface area (Å²) in [4.78, 5) is 28.8. The predicted molar refractivity (Wildman–Crippen MR) is 107 cm³/mol. The van der Waals surface area contributed by atoms with Crippen molar-refractivity contribution in [3.63, 3.8) is 0 Å². The maximum absolute atomic E-state index is 12.4. The van der Waals surface area contributed by atoms with Gasteiger partial charge in [0.25, 0.3) is 0 Å². The second-order valence-electron chi connectivity index (χ2n) is 5.75. The Bertz CT molecular complexity index is 1060. The first-order valence-corrected chi connectivity index (χ1v) is 9.72. The smallest absolute Gasteiger partial charge is 0.325 e. The van der Waals surface area contributed by atoms with Gasteiger partial charge in [0, 0.05) is 6.42 Å². The average molecular weight is 423 g/mol. The van der Waals surface area contributed by atoms with Crippen LogP contribution in [0.15, 0.2) is 47.5 Å². The van der Waals surface area contributed by atoms with Crippen molar-refractivity contribution < 1.29 is 14.3 Å². The highest BCUT2D eigenvalue weighted by Crippen LogP contribution is 2.32. The molecule has 0 atom stereocenters. The molecule has 0 bridgehead atoms. The number of nitrogens with zero attached hydrogens (tertiary/aromatic N) is 2. The van der Waals surface area contributed by atoms with Crippen LogP contribution in [0.2, 0.25) is 10.0 Å². The van der Waals surface area contributed by atoms with E-state index in [1.807, 2.05) is 30.3 Å². The number of hydrogen-bond acceptors (Lipinski definition) is 4. The van der Waals surface area contributed by atoms with E-state index in [-0.39, 0.29) is 18.9 Å². The summed E-state index contributed by atoms with van der Waals surface area (Å²) in [5.41, 5.74) is 1.63. The molecule has 0 saturated carbocycles. The lowest BCUT2D eigenvalue weighted by molar-refractivity contribution is -0.141. The number of halogens is 2. The van der Waals surface area contributed by atoms with Gasteiger partial charge in [-0.2, -0.15) is 4.99 Å². The van der Waals surface area contributed by atoms with Crippen LogP contribution >= 0.6 is 34.5 Å². The van der Waals surface area contributed by atoms with Crippen molar-refractivity contribution in [2.45, 2.75) is 19.4 Å². The van der Waals surface area contributed by atoms with Gasteiger partial charge in [-0.25, -0.2) is 0 Å². The molecule has 27 heavy (non-hydrogen) atoms. The highest BCUT2D eigenvalue weighted by molar-refractivity contribution is 7.16. The number of ether oxygens (including phenoxy) is 1. The molecule has 2 aromatic carbocycles. The molecule has 0 unspecified atom stereocenters. The molecule has 140 valence electrons. The molecule has 1 heterocycles. The van der Waals surface area contributed by atoms with Gasteiger partial charge in [-0.3, -0.25) is 9.59 Å². The van der Waals surface area contributed by atoms with Gasteiger partial charge in [-0.1, -0.05) is 64.9 Å². The van der Waals surface area contributed by atoms with E-state index >= 15 is 0 Å². The minimum absolute atomic E-state index is 0.110. The van der Waals surface area contributed by atoms with Crippen LogP contribution < -0.4 is 4.80 Å². The first-order chi connectivity index (χ1) is 13.0. The number of esters is 1. The Morgan fingerprint density at radius 3 is 2.59 bits per heavy atom. The van der Waals surface area contributed by atoms with E-state index in [0.717, 1.165) is 10.3 Å². The van der Waals surface area contributed by atoms with Crippen molar-refractivity contribution in [2.24, 2.45) is 4.99 Å². The fourth-order valence-electron chi connectivity index (χ4n) is 2.59. The van der Waals surface area contributed by atoms with Crippen molar-refractivity contribution in [2.75, 3.05) is 7.11 Å². The lowest BCUT2D eigenvalue weighted by Gasteiger charge is -2.06. The van der Waals surface area contributed by atoms with E-state index in [1.54, 1.807) is 16.7 Å². The van der Waals surface area contributed by atoms with Gasteiger partial charge in [-0.05, 0) is 24.1 Å². The van der Waals surface area contributed by atoms with Gasteiger partial charge in [0.05, 0.1) is 27.4 Å². The molecule has 3 rings (SSSR count). The summed E-state index contributed by atoms with van der Waals surface area (Å²) >= 11 is 13.7. The predicted octanol–water partition coefficient (Wildman–Crippen LogP) is 4.24. The van der Waals surface area contributed by atoms with Crippen LogP contribution in [-0.2, 0) is 27.3 Å². The van der Waals surface area contributed by atoms with Crippen LogP contribution in [-0.4, -0.2) is 23.6 Å². The summed E-state index contributed by atoms with van der Waals surface area (Å²) in [6, 6.07) is 13.2. The molecule has 0 aliphatic rings. The van der Waals surface area contributed by atoms with Crippen molar-refractivity contribution >= 4 is 56.6 Å². The fraction of sp³-hybridized carbons (Fsp3) is 0.211. The van der Waals surface area contributed by atoms with E-state index in [4.69, 9.17) is 27.9 Å². The Hall–Kier alpha value is -2.15. The average Bonchev–Trinajstić information content (AvgIpc) is 3.01. The molecule has 0 fully saturated rings. The molecular formula is C19H16Cl2N2O3S. The van der Waals surface area contributed by atoms with Gasteiger partial charge in [0.1, 0.15) is 6.54 Å². The number of aryl methyl sites for hydroxylation is 1. The summed E-state index contributed by atoms with van der Waals surface area (Å²) in [7, 11) is 1.30. The molecular weight excluding hydrogens is 407 g/mol. The molecule has 5 nitrogen and oxygen atoms in total. The maximum atomic E-state index is 12.4. The minimum Gasteiger partial charge on any atom is -0.468 e. The van der Waals surface area contributed by atoms with Gasteiger partial charge in [-0.15, -0.1) is 0 Å². The SMILES string of the molecule is COC(=O)Cn1c(=NC(=O)CCc2ccccc2)sc2ccc(Cl)c(Cl)c21. The molecule has 0 aliphatic heterocycles. The van der Waals surface area contributed by atoms with Gasteiger partial charge in [0.15, 0.2) is 4.80 Å². The first-order valence-electron chi connectivity index (χ1n) is 8.15. The summed E-state index contributed by atoms with van der Waals surface area (Å²) in [5, 5.41) is 0.676. The van der Waals surface area contributed by atoms with E-state index in [0.29, 0.717) is 26.8 Å². The van der Waals surface area contributed by atoms with E-state index in [1.165, 1.54) is 18.4 Å². The maximum Gasteiger partial charge on any atom is 0.325 e. The Morgan fingerprint density at radius 2 is 1.89 bits per heavy atom. The highest BCUT2D eigenvalue weighted by Gasteiger charge is 2.16. The van der Waals surface area contributed by atoms with Gasteiger partial charge in [0.2, 0.25) is 5.91 Å². The zero-order valence-corrected chi connectivity index (χ0v) is 16.8. The fourth-order valence-corrected chi connectivity index (χ4v) is 4.12. The zero-order valence-electron chi connectivity index (χ0n) is 14.4. The van der Waals surface area contributed by atoms with E-state index < -0.39 is 5.97 Å². The number of rotatable bonds is 5. The quantitative estimate of drug-likeness (QED) is 0.577. The molecule has 0 radical (unpaired) electrons. The van der Waals surface area contributed by atoms with Crippen LogP contribution in [0.1, 0.15) is 12.0 Å². The number of amides is 1. The van der Waals surface area contributed by atoms with Crippen molar-refractivity contribution in [3.05, 3.63) is 62.9 Å². The largest absolute Gasteiger partial charge is 0.468 e. The number of hydrogen-bond donors (Lipinski definition) is 0. The molecule has 0 saturated heterocycles. The summed E-state index contributed by atoms with van der Waals surface area (Å²) < 4.78 is 7.10. The van der Waals surface area contributed by atoms with Crippen LogP contribution in [0.3, 0.4) is 0 Å². The summed E-state index contributed by atoms with van der Waals surface area (Å²) in [5.74, 6) is -0.741.